The van der Waals surface area contributed by atoms with Crippen molar-refractivity contribution < 1.29 is 4.74 Å². The number of fused-ring (bicyclic) bond motifs is 1. The van der Waals surface area contributed by atoms with Gasteiger partial charge in [-0.1, -0.05) is 23.7 Å². The summed E-state index contributed by atoms with van der Waals surface area (Å²) in [6.07, 6.45) is 0. The highest BCUT2D eigenvalue weighted by atomic mass is 35.5. The first-order valence-corrected chi connectivity index (χ1v) is 7.12. The lowest BCUT2D eigenvalue weighted by Gasteiger charge is -2.04. The minimum Gasteiger partial charge on any atom is -0.486 e. The Balaban J connectivity index is 1.76. The average Bonchev–Trinajstić information content (AvgIpc) is 2.88. The van der Waals surface area contributed by atoms with Crippen LogP contribution in [-0.2, 0) is 6.61 Å². The van der Waals surface area contributed by atoms with Gasteiger partial charge in [-0.3, -0.25) is 0 Å². The first-order valence-electron chi connectivity index (χ1n) is 5.93. The molecule has 0 aliphatic rings. The molecule has 0 aliphatic carbocycles. The number of hydrogen-bond donors (Lipinski definition) is 0. The van der Waals surface area contributed by atoms with E-state index < -0.39 is 0 Å². The molecule has 0 radical (unpaired) electrons. The van der Waals surface area contributed by atoms with Gasteiger partial charge in [-0.25, -0.2) is 4.98 Å². The molecule has 0 saturated heterocycles. The number of ether oxygens (including phenoxy) is 1. The van der Waals surface area contributed by atoms with Gasteiger partial charge < -0.3 is 4.74 Å². The van der Waals surface area contributed by atoms with Crippen molar-refractivity contribution in [3.63, 3.8) is 0 Å². The summed E-state index contributed by atoms with van der Waals surface area (Å²) in [6.45, 7) is 0.390. The van der Waals surface area contributed by atoms with E-state index in [0.29, 0.717) is 22.9 Å². The fourth-order valence-corrected chi connectivity index (χ4v) is 2.90. The highest BCUT2D eigenvalue weighted by Crippen LogP contribution is 2.25. The summed E-state index contributed by atoms with van der Waals surface area (Å²) < 4.78 is 6.80. The molecule has 3 rings (SSSR count). The second-order valence-electron chi connectivity index (χ2n) is 4.12. The Labute approximate surface area is 125 Å². The zero-order valence-electron chi connectivity index (χ0n) is 10.3. The Hall–Kier alpha value is -2.09. The normalized spacial score (nSPS) is 10.4. The van der Waals surface area contributed by atoms with Crippen LogP contribution in [-0.4, -0.2) is 4.98 Å². The summed E-state index contributed by atoms with van der Waals surface area (Å²) in [7, 11) is 0. The molecular formula is C15H9ClN2OS. The summed E-state index contributed by atoms with van der Waals surface area (Å²) in [5.74, 6) is 0.633. The molecule has 0 fully saturated rings. The predicted molar refractivity (Wildman–Crippen MR) is 80.1 cm³/mol. The first-order chi connectivity index (χ1) is 9.76. The highest BCUT2D eigenvalue weighted by molar-refractivity contribution is 7.18. The molecule has 0 amide bonds. The van der Waals surface area contributed by atoms with Crippen molar-refractivity contribution in [1.82, 2.24) is 4.98 Å². The maximum absolute atomic E-state index is 8.81. The van der Waals surface area contributed by atoms with E-state index in [0.717, 1.165) is 15.2 Å². The van der Waals surface area contributed by atoms with Gasteiger partial charge in [-0.2, -0.15) is 5.26 Å². The zero-order chi connectivity index (χ0) is 13.9. The Morgan fingerprint density at radius 1 is 1.25 bits per heavy atom. The Morgan fingerprint density at radius 2 is 2.10 bits per heavy atom. The van der Waals surface area contributed by atoms with Gasteiger partial charge in [0.05, 0.1) is 20.8 Å². The van der Waals surface area contributed by atoms with Crippen molar-refractivity contribution in [3.05, 3.63) is 58.1 Å². The fraction of sp³-hybridized carbons (Fsp3) is 0.0667. The molecule has 0 N–H and O–H groups in total. The van der Waals surface area contributed by atoms with E-state index in [1.54, 1.807) is 29.5 Å². The molecular weight excluding hydrogens is 292 g/mol. The van der Waals surface area contributed by atoms with Crippen LogP contribution >= 0.6 is 22.9 Å². The topological polar surface area (TPSA) is 45.9 Å². The van der Waals surface area contributed by atoms with Gasteiger partial charge in [0, 0.05) is 6.07 Å². The van der Waals surface area contributed by atoms with Crippen LogP contribution in [0.25, 0.3) is 10.2 Å². The summed E-state index contributed by atoms with van der Waals surface area (Å²) in [5, 5.41) is 10.1. The SMILES string of the molecule is N#Cc1ccc(OCc2nc3ccccc3s2)cc1Cl. The van der Waals surface area contributed by atoms with E-state index in [1.165, 1.54) is 0 Å². The number of para-hydroxylation sites is 1. The van der Waals surface area contributed by atoms with Crippen LogP contribution in [0.5, 0.6) is 5.75 Å². The molecule has 98 valence electrons. The van der Waals surface area contributed by atoms with E-state index in [2.05, 4.69) is 4.98 Å². The van der Waals surface area contributed by atoms with E-state index in [4.69, 9.17) is 21.6 Å². The van der Waals surface area contributed by atoms with Crippen LogP contribution in [0.15, 0.2) is 42.5 Å². The van der Waals surface area contributed by atoms with Crippen molar-refractivity contribution in [3.8, 4) is 11.8 Å². The van der Waals surface area contributed by atoms with Gasteiger partial charge in [0.2, 0.25) is 0 Å². The second-order valence-corrected chi connectivity index (χ2v) is 5.64. The standard InChI is InChI=1S/C15H9ClN2OS/c16-12-7-11(6-5-10(12)8-17)19-9-15-18-13-3-1-2-4-14(13)20-15/h1-7H,9H2. The minimum absolute atomic E-state index is 0.390. The van der Waals surface area contributed by atoms with Crippen molar-refractivity contribution in [2.75, 3.05) is 0 Å². The largest absolute Gasteiger partial charge is 0.486 e. The van der Waals surface area contributed by atoms with Crippen LogP contribution in [0.1, 0.15) is 10.6 Å². The zero-order valence-corrected chi connectivity index (χ0v) is 11.9. The molecule has 1 aromatic heterocycles. The van der Waals surface area contributed by atoms with Gasteiger partial charge in [-0.15, -0.1) is 11.3 Å². The number of aromatic nitrogens is 1. The fourth-order valence-electron chi connectivity index (χ4n) is 1.80. The number of rotatable bonds is 3. The number of nitriles is 1. The van der Waals surface area contributed by atoms with Gasteiger partial charge in [0.1, 0.15) is 23.4 Å². The highest BCUT2D eigenvalue weighted by Gasteiger charge is 2.05. The molecule has 1 heterocycles. The minimum atomic E-state index is 0.390. The lowest BCUT2D eigenvalue weighted by atomic mass is 10.2. The average molecular weight is 301 g/mol. The quantitative estimate of drug-likeness (QED) is 0.720. The van der Waals surface area contributed by atoms with Crippen LogP contribution in [0, 0.1) is 11.3 Å². The number of hydrogen-bond acceptors (Lipinski definition) is 4. The summed E-state index contributed by atoms with van der Waals surface area (Å²) >= 11 is 7.57. The molecule has 2 aromatic carbocycles. The van der Waals surface area contributed by atoms with E-state index in [1.807, 2.05) is 30.3 Å². The third-order valence-electron chi connectivity index (χ3n) is 2.76. The number of nitrogens with zero attached hydrogens (tertiary/aromatic N) is 2. The lowest BCUT2D eigenvalue weighted by Crippen LogP contribution is -1.94. The molecule has 3 nitrogen and oxygen atoms in total. The third kappa shape index (κ3) is 2.60. The Kier molecular flexibility index (Phi) is 3.55. The van der Waals surface area contributed by atoms with Crippen LogP contribution in [0.3, 0.4) is 0 Å². The summed E-state index contributed by atoms with van der Waals surface area (Å²) in [5.41, 5.74) is 1.42. The molecule has 3 aromatic rings. The summed E-state index contributed by atoms with van der Waals surface area (Å²) in [4.78, 5) is 4.49. The van der Waals surface area contributed by atoms with E-state index in [9.17, 15) is 0 Å². The number of thiazole rings is 1. The van der Waals surface area contributed by atoms with Crippen LogP contribution in [0.2, 0.25) is 5.02 Å². The van der Waals surface area contributed by atoms with Crippen molar-refractivity contribution in [2.45, 2.75) is 6.61 Å². The smallest absolute Gasteiger partial charge is 0.140 e. The molecule has 0 unspecified atom stereocenters. The third-order valence-corrected chi connectivity index (χ3v) is 4.08. The van der Waals surface area contributed by atoms with Crippen molar-refractivity contribution in [1.29, 1.82) is 5.26 Å². The molecule has 0 spiro atoms. The molecule has 0 atom stereocenters. The van der Waals surface area contributed by atoms with Gasteiger partial charge >= 0.3 is 0 Å². The van der Waals surface area contributed by atoms with Gasteiger partial charge in [-0.05, 0) is 24.3 Å². The molecule has 0 saturated carbocycles. The van der Waals surface area contributed by atoms with E-state index >= 15 is 0 Å². The van der Waals surface area contributed by atoms with Crippen molar-refractivity contribution >= 4 is 33.2 Å². The molecule has 0 bridgehead atoms. The van der Waals surface area contributed by atoms with Crippen LogP contribution in [0.4, 0.5) is 0 Å². The molecule has 20 heavy (non-hydrogen) atoms. The number of benzene rings is 2. The summed E-state index contributed by atoms with van der Waals surface area (Å²) in [6, 6.07) is 15.0. The molecule has 0 aliphatic heterocycles. The maximum atomic E-state index is 8.81. The predicted octanol–water partition coefficient (Wildman–Crippen LogP) is 4.40. The van der Waals surface area contributed by atoms with Gasteiger partial charge in [0.15, 0.2) is 0 Å². The lowest BCUT2D eigenvalue weighted by molar-refractivity contribution is 0.306. The van der Waals surface area contributed by atoms with Gasteiger partial charge in [0.25, 0.3) is 0 Å². The maximum Gasteiger partial charge on any atom is 0.140 e. The van der Waals surface area contributed by atoms with Crippen molar-refractivity contribution in [2.24, 2.45) is 0 Å². The Bertz CT molecular complexity index is 774. The molecule has 5 heteroatoms. The number of halogens is 1. The monoisotopic (exact) mass is 300 g/mol. The van der Waals surface area contributed by atoms with E-state index in [-0.39, 0.29) is 0 Å². The Morgan fingerprint density at radius 3 is 2.85 bits per heavy atom. The first kappa shape index (κ1) is 12.9. The second kappa shape index (κ2) is 5.49. The van der Waals surface area contributed by atoms with Crippen LogP contribution < -0.4 is 4.74 Å².